The molecule has 1 aromatic rings. The van der Waals surface area contributed by atoms with E-state index in [1.54, 1.807) is 18.3 Å². The van der Waals surface area contributed by atoms with Gasteiger partial charge < -0.3 is 9.72 Å². The fraction of sp³-hybridized carbons (Fsp3) is 0.545. The van der Waals surface area contributed by atoms with Gasteiger partial charge in [0.2, 0.25) is 0 Å². The van der Waals surface area contributed by atoms with E-state index in [1.165, 1.54) is 19.3 Å². The number of aromatic nitrogens is 1. The third-order valence-electron chi connectivity index (χ3n) is 2.63. The summed E-state index contributed by atoms with van der Waals surface area (Å²) in [4.78, 5) is 13.9. The first-order valence-corrected chi connectivity index (χ1v) is 5.20. The molecule has 1 fully saturated rings. The molecule has 1 aliphatic rings. The molecule has 0 unspecified atom stereocenters. The molecule has 14 heavy (non-hydrogen) atoms. The summed E-state index contributed by atoms with van der Waals surface area (Å²) in [6.45, 7) is 0. The topological polar surface area (TPSA) is 42.1 Å². The number of hydrogen-bond donors (Lipinski definition) is 1. The van der Waals surface area contributed by atoms with E-state index >= 15 is 0 Å². The van der Waals surface area contributed by atoms with Crippen LogP contribution in [0.1, 0.15) is 32.1 Å². The highest BCUT2D eigenvalue weighted by Crippen LogP contribution is 2.21. The smallest absolute Gasteiger partial charge is 0.290 e. The van der Waals surface area contributed by atoms with Crippen LogP contribution >= 0.6 is 0 Å². The summed E-state index contributed by atoms with van der Waals surface area (Å²) < 4.78 is 5.64. The monoisotopic (exact) mass is 193 g/mol. The molecular weight excluding hydrogens is 178 g/mol. The minimum atomic E-state index is -0.127. The third-order valence-corrected chi connectivity index (χ3v) is 2.63. The van der Waals surface area contributed by atoms with Crippen molar-refractivity contribution in [2.45, 2.75) is 38.2 Å². The van der Waals surface area contributed by atoms with Gasteiger partial charge in [-0.25, -0.2) is 0 Å². The molecule has 1 N–H and O–H groups in total. The molecule has 0 aliphatic heterocycles. The predicted molar refractivity (Wildman–Crippen MR) is 54.6 cm³/mol. The summed E-state index contributed by atoms with van der Waals surface area (Å²) in [5.41, 5.74) is -0.127. The second-order valence-corrected chi connectivity index (χ2v) is 3.74. The molecule has 76 valence electrons. The molecule has 1 aliphatic carbocycles. The van der Waals surface area contributed by atoms with E-state index in [0.29, 0.717) is 5.75 Å². The van der Waals surface area contributed by atoms with Crippen molar-refractivity contribution < 1.29 is 4.74 Å². The van der Waals surface area contributed by atoms with Crippen molar-refractivity contribution in [2.24, 2.45) is 0 Å². The lowest BCUT2D eigenvalue weighted by molar-refractivity contribution is 0.153. The minimum absolute atomic E-state index is 0.127. The van der Waals surface area contributed by atoms with Crippen LogP contribution in [0.4, 0.5) is 0 Å². The van der Waals surface area contributed by atoms with Crippen LogP contribution in [0.2, 0.25) is 0 Å². The summed E-state index contributed by atoms with van der Waals surface area (Å²) in [5.74, 6) is 0.458. The van der Waals surface area contributed by atoms with E-state index in [9.17, 15) is 4.79 Å². The van der Waals surface area contributed by atoms with Gasteiger partial charge >= 0.3 is 0 Å². The van der Waals surface area contributed by atoms with E-state index in [4.69, 9.17) is 4.74 Å². The van der Waals surface area contributed by atoms with E-state index in [-0.39, 0.29) is 11.7 Å². The van der Waals surface area contributed by atoms with Gasteiger partial charge in [0, 0.05) is 6.20 Å². The summed E-state index contributed by atoms with van der Waals surface area (Å²) >= 11 is 0. The third kappa shape index (κ3) is 2.16. The van der Waals surface area contributed by atoms with Gasteiger partial charge in [-0.3, -0.25) is 4.79 Å². The first kappa shape index (κ1) is 9.31. The molecule has 1 heterocycles. The Morgan fingerprint density at radius 3 is 2.79 bits per heavy atom. The Balaban J connectivity index is 2.03. The number of nitrogens with one attached hydrogen (secondary N) is 1. The van der Waals surface area contributed by atoms with Crippen molar-refractivity contribution in [2.75, 3.05) is 0 Å². The molecule has 3 heteroatoms. The Kier molecular flexibility index (Phi) is 2.87. The Labute approximate surface area is 83.1 Å². The van der Waals surface area contributed by atoms with Crippen molar-refractivity contribution in [3.05, 3.63) is 28.7 Å². The van der Waals surface area contributed by atoms with Crippen LogP contribution in [0.25, 0.3) is 0 Å². The molecule has 1 saturated carbocycles. The molecule has 2 rings (SSSR count). The standard InChI is InChI=1S/C11H15NO2/c13-11-10(7-4-8-12-11)14-9-5-2-1-3-6-9/h4,7-9H,1-3,5-6H2,(H,12,13). The van der Waals surface area contributed by atoms with Crippen molar-refractivity contribution >= 4 is 0 Å². The highest BCUT2D eigenvalue weighted by molar-refractivity contribution is 5.16. The van der Waals surface area contributed by atoms with Gasteiger partial charge in [0.15, 0.2) is 5.75 Å². The predicted octanol–water partition coefficient (Wildman–Crippen LogP) is 2.09. The summed E-state index contributed by atoms with van der Waals surface area (Å²) in [5, 5.41) is 0. The fourth-order valence-corrected chi connectivity index (χ4v) is 1.86. The van der Waals surface area contributed by atoms with Crippen LogP contribution in [0.3, 0.4) is 0 Å². The number of pyridine rings is 1. The van der Waals surface area contributed by atoms with Crippen LogP contribution in [0.15, 0.2) is 23.1 Å². The average molecular weight is 193 g/mol. The Bertz CT molecular complexity index is 339. The Hall–Kier alpha value is -1.25. The Morgan fingerprint density at radius 2 is 2.07 bits per heavy atom. The fourth-order valence-electron chi connectivity index (χ4n) is 1.86. The van der Waals surface area contributed by atoms with E-state index < -0.39 is 0 Å². The quantitative estimate of drug-likeness (QED) is 0.781. The molecular formula is C11H15NO2. The number of hydrogen-bond acceptors (Lipinski definition) is 2. The highest BCUT2D eigenvalue weighted by Gasteiger charge is 2.15. The maximum atomic E-state index is 11.3. The van der Waals surface area contributed by atoms with Gasteiger partial charge in [-0.1, -0.05) is 6.42 Å². The molecule has 0 saturated heterocycles. The zero-order chi connectivity index (χ0) is 9.80. The van der Waals surface area contributed by atoms with Crippen molar-refractivity contribution in [3.8, 4) is 5.75 Å². The van der Waals surface area contributed by atoms with Gasteiger partial charge in [0.05, 0.1) is 6.10 Å². The zero-order valence-electron chi connectivity index (χ0n) is 8.16. The minimum Gasteiger partial charge on any atom is -0.485 e. The number of H-pyrrole nitrogens is 1. The average Bonchev–Trinajstić information content (AvgIpc) is 2.23. The maximum Gasteiger partial charge on any atom is 0.290 e. The molecule has 0 aromatic carbocycles. The van der Waals surface area contributed by atoms with Crippen molar-refractivity contribution in [3.63, 3.8) is 0 Å². The number of ether oxygens (including phenoxy) is 1. The maximum absolute atomic E-state index is 11.3. The lowest BCUT2D eigenvalue weighted by atomic mass is 9.98. The number of aromatic amines is 1. The van der Waals surface area contributed by atoms with Crippen LogP contribution in [0, 0.1) is 0 Å². The zero-order valence-corrected chi connectivity index (χ0v) is 8.16. The van der Waals surface area contributed by atoms with Crippen LogP contribution in [0.5, 0.6) is 5.75 Å². The molecule has 0 radical (unpaired) electrons. The van der Waals surface area contributed by atoms with Crippen LogP contribution in [-0.4, -0.2) is 11.1 Å². The largest absolute Gasteiger partial charge is 0.485 e. The first-order chi connectivity index (χ1) is 6.86. The van der Waals surface area contributed by atoms with Crippen molar-refractivity contribution in [1.82, 2.24) is 4.98 Å². The molecule has 0 atom stereocenters. The van der Waals surface area contributed by atoms with Gasteiger partial charge in [-0.05, 0) is 37.8 Å². The molecule has 0 spiro atoms. The summed E-state index contributed by atoms with van der Waals surface area (Å²) in [7, 11) is 0. The highest BCUT2D eigenvalue weighted by atomic mass is 16.5. The lowest BCUT2D eigenvalue weighted by Crippen LogP contribution is -2.23. The lowest BCUT2D eigenvalue weighted by Gasteiger charge is -2.22. The summed E-state index contributed by atoms with van der Waals surface area (Å²) in [6, 6.07) is 3.52. The number of rotatable bonds is 2. The van der Waals surface area contributed by atoms with E-state index in [2.05, 4.69) is 4.98 Å². The van der Waals surface area contributed by atoms with Gasteiger partial charge in [-0.15, -0.1) is 0 Å². The SMILES string of the molecule is O=c1[nH]cccc1OC1CCCCC1. The first-order valence-electron chi connectivity index (χ1n) is 5.20. The van der Waals surface area contributed by atoms with Crippen LogP contribution in [-0.2, 0) is 0 Å². The van der Waals surface area contributed by atoms with Crippen LogP contribution < -0.4 is 10.3 Å². The normalized spacial score (nSPS) is 18.0. The van der Waals surface area contributed by atoms with Gasteiger partial charge in [0.1, 0.15) is 0 Å². The molecule has 3 nitrogen and oxygen atoms in total. The molecule has 0 amide bonds. The Morgan fingerprint density at radius 1 is 1.29 bits per heavy atom. The van der Waals surface area contributed by atoms with E-state index in [0.717, 1.165) is 12.8 Å². The summed E-state index contributed by atoms with van der Waals surface area (Å²) in [6.07, 6.45) is 7.75. The molecule has 0 bridgehead atoms. The molecule has 1 aromatic heterocycles. The second-order valence-electron chi connectivity index (χ2n) is 3.74. The second kappa shape index (κ2) is 4.31. The van der Waals surface area contributed by atoms with E-state index in [1.807, 2.05) is 0 Å². The van der Waals surface area contributed by atoms with Crippen molar-refractivity contribution in [1.29, 1.82) is 0 Å². The van der Waals surface area contributed by atoms with Gasteiger partial charge in [0.25, 0.3) is 5.56 Å². The van der Waals surface area contributed by atoms with Gasteiger partial charge in [-0.2, -0.15) is 0 Å².